The highest BCUT2D eigenvalue weighted by molar-refractivity contribution is 7.20. The average Bonchev–Trinajstić information content (AvgIpc) is 3.63. The highest BCUT2D eigenvalue weighted by Crippen LogP contribution is 2.28. The second kappa shape index (κ2) is 9.96. The van der Waals surface area contributed by atoms with Crippen LogP contribution in [0.3, 0.4) is 0 Å². The molecule has 0 bridgehead atoms. The summed E-state index contributed by atoms with van der Waals surface area (Å²) in [5.74, 6) is 0.743. The number of aromatic amines is 2. The quantitative estimate of drug-likeness (QED) is 0.222. The van der Waals surface area contributed by atoms with Gasteiger partial charge in [0.2, 0.25) is 5.13 Å². The third kappa shape index (κ3) is 4.42. The molecule has 9 heteroatoms. The van der Waals surface area contributed by atoms with Gasteiger partial charge in [-0.1, -0.05) is 35.1 Å². The number of para-hydroxylation sites is 1. The van der Waals surface area contributed by atoms with Crippen LogP contribution in [-0.4, -0.2) is 39.1 Å². The van der Waals surface area contributed by atoms with Gasteiger partial charge in [0.1, 0.15) is 5.75 Å². The lowest BCUT2D eigenvalue weighted by Crippen LogP contribution is -2.19. The molecule has 3 heterocycles. The van der Waals surface area contributed by atoms with Crippen LogP contribution in [0.1, 0.15) is 18.1 Å². The molecular formula is C29H24ClN5O2S. The first-order chi connectivity index (χ1) is 18.5. The molecule has 3 aromatic heterocycles. The van der Waals surface area contributed by atoms with Crippen molar-refractivity contribution in [2.75, 3.05) is 13.7 Å². The molecule has 0 spiro atoms. The molecule has 0 saturated heterocycles. The van der Waals surface area contributed by atoms with Crippen LogP contribution in [0.15, 0.2) is 82.7 Å². The predicted octanol–water partition coefficient (Wildman–Crippen LogP) is 6.64. The molecule has 0 unspecified atom stereocenters. The molecule has 0 amide bonds. The van der Waals surface area contributed by atoms with E-state index in [1.54, 1.807) is 7.11 Å². The second-order valence-electron chi connectivity index (χ2n) is 8.92. The summed E-state index contributed by atoms with van der Waals surface area (Å²) in [4.78, 5) is 26.6. The van der Waals surface area contributed by atoms with Gasteiger partial charge in [0.05, 0.1) is 28.6 Å². The van der Waals surface area contributed by atoms with Gasteiger partial charge in [-0.3, -0.25) is 14.9 Å². The minimum Gasteiger partial charge on any atom is -0.497 e. The van der Waals surface area contributed by atoms with Crippen LogP contribution >= 0.6 is 22.9 Å². The smallest absolute Gasteiger partial charge is 0.283 e. The maximum atomic E-state index is 13.8. The highest BCUT2D eigenvalue weighted by atomic mass is 35.5. The summed E-state index contributed by atoms with van der Waals surface area (Å²) >= 11 is 7.67. The molecule has 0 aliphatic rings. The third-order valence-electron chi connectivity index (χ3n) is 6.56. The first-order valence-electron chi connectivity index (χ1n) is 12.1. The van der Waals surface area contributed by atoms with Gasteiger partial charge in [-0.15, -0.1) is 0 Å². The van der Waals surface area contributed by atoms with Gasteiger partial charge in [-0.05, 0) is 73.5 Å². The van der Waals surface area contributed by atoms with Crippen molar-refractivity contribution in [1.82, 2.24) is 19.7 Å². The number of H-pyrrole nitrogens is 2. The van der Waals surface area contributed by atoms with Crippen LogP contribution in [0, 0.1) is 0 Å². The monoisotopic (exact) mass is 541 g/mol. The Kier molecular flexibility index (Phi) is 6.35. The lowest BCUT2D eigenvalue weighted by Gasteiger charge is -2.05. The van der Waals surface area contributed by atoms with E-state index in [1.165, 1.54) is 16.0 Å². The zero-order valence-corrected chi connectivity index (χ0v) is 22.4. The Morgan fingerprint density at radius 1 is 1.13 bits per heavy atom. The fraction of sp³-hybridized carbons (Fsp3) is 0.138. The molecular weight excluding hydrogens is 518 g/mol. The van der Waals surface area contributed by atoms with Crippen molar-refractivity contribution in [3.05, 3.63) is 99.4 Å². The van der Waals surface area contributed by atoms with E-state index in [0.29, 0.717) is 40.1 Å². The summed E-state index contributed by atoms with van der Waals surface area (Å²) < 4.78 is 7.85. The number of ether oxygens (including phenoxy) is 1. The number of fused-ring (bicyclic) bond motifs is 2. The number of hydrogen-bond donors (Lipinski definition) is 2. The number of benzene rings is 3. The molecule has 190 valence electrons. The zero-order valence-electron chi connectivity index (χ0n) is 20.8. The Hall–Kier alpha value is -4.14. The highest BCUT2D eigenvalue weighted by Gasteiger charge is 2.21. The lowest BCUT2D eigenvalue weighted by atomic mass is 10.0. The van der Waals surface area contributed by atoms with Crippen LogP contribution in [0.5, 0.6) is 5.75 Å². The van der Waals surface area contributed by atoms with Gasteiger partial charge >= 0.3 is 0 Å². The molecule has 38 heavy (non-hydrogen) atoms. The van der Waals surface area contributed by atoms with E-state index in [-0.39, 0.29) is 5.56 Å². The standard InChI is InChI=1S/C29H24ClN5O2S/c1-17(31-14-13-19-16-32-23-12-9-20(30)15-22(19)23)26-27(18-7-10-21(37-2)11-8-18)34-35(28(26)36)29-33-24-5-3-4-6-25(24)38-29/h3-12,15-16,32,34H,13-14H2,1-2H3. The van der Waals surface area contributed by atoms with Crippen LogP contribution in [0.4, 0.5) is 0 Å². The normalized spacial score (nSPS) is 12.0. The minimum atomic E-state index is -0.185. The van der Waals surface area contributed by atoms with Gasteiger partial charge in [0, 0.05) is 39.9 Å². The van der Waals surface area contributed by atoms with Crippen molar-refractivity contribution in [2.24, 2.45) is 4.99 Å². The van der Waals surface area contributed by atoms with E-state index in [4.69, 9.17) is 21.3 Å². The van der Waals surface area contributed by atoms with E-state index in [1.807, 2.05) is 79.9 Å². The van der Waals surface area contributed by atoms with Gasteiger partial charge in [0.15, 0.2) is 0 Å². The number of halogens is 1. The molecule has 7 nitrogen and oxygen atoms in total. The fourth-order valence-corrected chi connectivity index (χ4v) is 5.71. The third-order valence-corrected chi connectivity index (χ3v) is 7.82. The number of rotatable bonds is 7. The molecule has 0 aliphatic carbocycles. The Labute approximate surface area is 227 Å². The van der Waals surface area contributed by atoms with E-state index >= 15 is 0 Å². The summed E-state index contributed by atoms with van der Waals surface area (Å²) in [5, 5.41) is 5.68. The molecule has 6 aromatic rings. The molecule has 6 rings (SSSR count). The number of nitrogens with zero attached hydrogens (tertiary/aromatic N) is 3. The predicted molar refractivity (Wildman–Crippen MR) is 156 cm³/mol. The summed E-state index contributed by atoms with van der Waals surface area (Å²) in [6.45, 7) is 2.41. The number of thiazole rings is 1. The summed E-state index contributed by atoms with van der Waals surface area (Å²) in [5.41, 5.74) is 5.58. The first-order valence-corrected chi connectivity index (χ1v) is 13.3. The van der Waals surface area contributed by atoms with Crippen molar-refractivity contribution in [3.63, 3.8) is 0 Å². The molecule has 0 aliphatic heterocycles. The Bertz CT molecular complexity index is 1830. The van der Waals surface area contributed by atoms with E-state index < -0.39 is 0 Å². The van der Waals surface area contributed by atoms with Crippen molar-refractivity contribution in [3.8, 4) is 22.1 Å². The maximum absolute atomic E-state index is 13.8. The van der Waals surface area contributed by atoms with Gasteiger partial charge < -0.3 is 9.72 Å². The van der Waals surface area contributed by atoms with Crippen LogP contribution < -0.4 is 10.3 Å². The van der Waals surface area contributed by atoms with Crippen LogP contribution in [-0.2, 0) is 6.42 Å². The van der Waals surface area contributed by atoms with Crippen molar-refractivity contribution in [2.45, 2.75) is 13.3 Å². The Balaban J connectivity index is 1.39. The fourth-order valence-electron chi connectivity index (χ4n) is 4.61. The van der Waals surface area contributed by atoms with Crippen LogP contribution in [0.25, 0.3) is 37.5 Å². The molecule has 3 aromatic carbocycles. The molecule has 2 N–H and O–H groups in total. The molecule has 0 radical (unpaired) electrons. The Morgan fingerprint density at radius 3 is 2.74 bits per heavy atom. The van der Waals surface area contributed by atoms with Crippen LogP contribution in [0.2, 0.25) is 5.02 Å². The number of nitrogens with one attached hydrogen (secondary N) is 2. The summed E-state index contributed by atoms with van der Waals surface area (Å²) in [7, 11) is 1.63. The SMILES string of the molecule is COc1ccc(-c2[nH]n(-c3nc4ccccc4s3)c(=O)c2C(C)=NCCc2c[nH]c3ccc(Cl)cc23)cc1. The molecule has 0 fully saturated rings. The topological polar surface area (TPSA) is 88.1 Å². The number of methoxy groups -OCH3 is 1. The van der Waals surface area contributed by atoms with Gasteiger partial charge in [-0.25, -0.2) is 4.98 Å². The summed E-state index contributed by atoms with van der Waals surface area (Å²) in [6, 6.07) is 21.3. The average molecular weight is 542 g/mol. The van der Waals surface area contributed by atoms with Crippen molar-refractivity contribution in [1.29, 1.82) is 0 Å². The molecule has 0 saturated carbocycles. The number of aromatic nitrogens is 4. The largest absolute Gasteiger partial charge is 0.497 e. The zero-order chi connectivity index (χ0) is 26.2. The van der Waals surface area contributed by atoms with E-state index in [2.05, 4.69) is 15.1 Å². The summed E-state index contributed by atoms with van der Waals surface area (Å²) in [6.07, 6.45) is 2.71. The van der Waals surface area contributed by atoms with E-state index in [9.17, 15) is 4.79 Å². The second-order valence-corrected chi connectivity index (χ2v) is 10.4. The molecule has 0 atom stereocenters. The number of aliphatic imine (C=N–C) groups is 1. The lowest BCUT2D eigenvalue weighted by molar-refractivity contribution is 0.415. The Morgan fingerprint density at radius 2 is 1.95 bits per heavy atom. The maximum Gasteiger partial charge on any atom is 0.283 e. The van der Waals surface area contributed by atoms with E-state index in [0.717, 1.165) is 38.0 Å². The first kappa shape index (κ1) is 24.2. The van der Waals surface area contributed by atoms with Crippen molar-refractivity contribution >= 4 is 49.8 Å². The van der Waals surface area contributed by atoms with Gasteiger partial charge in [-0.2, -0.15) is 4.68 Å². The number of hydrogen-bond acceptors (Lipinski definition) is 5. The van der Waals surface area contributed by atoms with Gasteiger partial charge in [0.25, 0.3) is 5.56 Å². The minimum absolute atomic E-state index is 0.185. The van der Waals surface area contributed by atoms with Crippen molar-refractivity contribution < 1.29 is 4.74 Å².